The fourth-order valence-electron chi connectivity index (χ4n) is 2.27. The van der Waals surface area contributed by atoms with E-state index >= 15 is 0 Å². The van der Waals surface area contributed by atoms with Gasteiger partial charge in [-0.05, 0) is 17.7 Å². The van der Waals surface area contributed by atoms with Crippen molar-refractivity contribution in [2.75, 3.05) is 10.6 Å². The van der Waals surface area contributed by atoms with Crippen LogP contribution in [0.2, 0.25) is 5.02 Å². The lowest BCUT2D eigenvalue weighted by Gasteiger charge is -2.18. The number of fused-ring (bicyclic) bond motifs is 1. The van der Waals surface area contributed by atoms with Gasteiger partial charge in [0.25, 0.3) is 0 Å². The van der Waals surface area contributed by atoms with E-state index in [1.165, 1.54) is 0 Å². The van der Waals surface area contributed by atoms with Crippen molar-refractivity contribution < 1.29 is 4.79 Å². The third kappa shape index (κ3) is 2.42. The first-order valence-electron chi connectivity index (χ1n) is 6.14. The minimum absolute atomic E-state index is 0.0117. The van der Waals surface area contributed by atoms with Gasteiger partial charge in [0.05, 0.1) is 28.9 Å². The summed E-state index contributed by atoms with van der Waals surface area (Å²) in [4.78, 5) is 11.9. The molecule has 96 valence electrons. The number of nitrogens with one attached hydrogen (secondary N) is 2. The van der Waals surface area contributed by atoms with Gasteiger partial charge in [0, 0.05) is 0 Å². The summed E-state index contributed by atoms with van der Waals surface area (Å²) in [5, 5.41) is 6.85. The van der Waals surface area contributed by atoms with Crippen molar-refractivity contribution >= 4 is 28.9 Å². The van der Waals surface area contributed by atoms with Crippen LogP contribution < -0.4 is 10.6 Å². The Hall–Kier alpha value is -2.00. The number of rotatable bonds is 1. The van der Waals surface area contributed by atoms with E-state index in [4.69, 9.17) is 11.6 Å². The Kier molecular flexibility index (Phi) is 3.13. The van der Waals surface area contributed by atoms with Crippen LogP contribution in [-0.4, -0.2) is 5.91 Å². The van der Waals surface area contributed by atoms with Gasteiger partial charge in [-0.2, -0.15) is 0 Å². The van der Waals surface area contributed by atoms with Crippen molar-refractivity contribution in [3.63, 3.8) is 0 Å². The fourth-order valence-corrected chi connectivity index (χ4v) is 2.50. The standard InChI is InChI=1S/C15H13ClN2O/c16-11-7-4-8-12-15(11)18-13(9-14(19)17-12)10-5-2-1-3-6-10/h1-8,13,18H,9H2,(H,17,19)/t13-/m1/s1. The zero-order valence-electron chi connectivity index (χ0n) is 10.2. The van der Waals surface area contributed by atoms with Crippen LogP contribution in [0.25, 0.3) is 0 Å². The summed E-state index contributed by atoms with van der Waals surface area (Å²) in [7, 11) is 0. The highest BCUT2D eigenvalue weighted by atomic mass is 35.5. The number of benzene rings is 2. The molecule has 2 aromatic rings. The smallest absolute Gasteiger partial charge is 0.226 e. The van der Waals surface area contributed by atoms with Crippen molar-refractivity contribution in [2.45, 2.75) is 12.5 Å². The molecule has 0 aromatic heterocycles. The minimum atomic E-state index is -0.0673. The Labute approximate surface area is 116 Å². The summed E-state index contributed by atoms with van der Waals surface area (Å²) in [6.45, 7) is 0. The molecule has 19 heavy (non-hydrogen) atoms. The molecule has 0 bridgehead atoms. The van der Waals surface area contributed by atoms with Crippen molar-refractivity contribution in [3.8, 4) is 0 Å². The summed E-state index contributed by atoms with van der Waals surface area (Å²) in [6.07, 6.45) is 0.384. The van der Waals surface area contributed by atoms with E-state index in [0.717, 1.165) is 16.9 Å². The van der Waals surface area contributed by atoms with Crippen LogP contribution in [0.5, 0.6) is 0 Å². The maximum Gasteiger partial charge on any atom is 0.226 e. The zero-order chi connectivity index (χ0) is 13.2. The van der Waals surface area contributed by atoms with Crippen LogP contribution in [0.1, 0.15) is 18.0 Å². The van der Waals surface area contributed by atoms with Gasteiger partial charge in [-0.15, -0.1) is 0 Å². The van der Waals surface area contributed by atoms with E-state index in [2.05, 4.69) is 10.6 Å². The number of anilines is 2. The van der Waals surface area contributed by atoms with Crippen LogP contribution in [0.3, 0.4) is 0 Å². The molecule has 1 heterocycles. The maximum atomic E-state index is 11.9. The molecule has 3 nitrogen and oxygen atoms in total. The molecule has 0 unspecified atom stereocenters. The molecule has 0 fully saturated rings. The molecule has 1 aliphatic heterocycles. The maximum absolute atomic E-state index is 11.9. The fraction of sp³-hybridized carbons (Fsp3) is 0.133. The molecule has 4 heteroatoms. The summed E-state index contributed by atoms with van der Waals surface area (Å²) in [5.74, 6) is -0.0117. The first kappa shape index (κ1) is 12.1. The molecule has 1 atom stereocenters. The molecule has 2 N–H and O–H groups in total. The number of hydrogen-bond donors (Lipinski definition) is 2. The third-order valence-electron chi connectivity index (χ3n) is 3.20. The molecule has 3 rings (SSSR count). The molecule has 0 saturated heterocycles. The van der Waals surface area contributed by atoms with Crippen LogP contribution >= 0.6 is 11.6 Å². The van der Waals surface area contributed by atoms with E-state index in [9.17, 15) is 4.79 Å². The second-order valence-electron chi connectivity index (χ2n) is 4.52. The normalized spacial score (nSPS) is 17.9. The highest BCUT2D eigenvalue weighted by Gasteiger charge is 2.23. The minimum Gasteiger partial charge on any atom is -0.375 e. The van der Waals surface area contributed by atoms with Gasteiger partial charge in [0.2, 0.25) is 5.91 Å². The quantitative estimate of drug-likeness (QED) is 0.828. The number of carbonyl (C=O) groups excluding carboxylic acids is 1. The van der Waals surface area contributed by atoms with Crippen LogP contribution in [0.15, 0.2) is 48.5 Å². The topological polar surface area (TPSA) is 41.1 Å². The predicted octanol–water partition coefficient (Wildman–Crippen LogP) is 3.84. The van der Waals surface area contributed by atoms with Gasteiger partial charge < -0.3 is 10.6 Å². The first-order valence-corrected chi connectivity index (χ1v) is 6.51. The number of amides is 1. The first-order chi connectivity index (χ1) is 9.24. The Balaban J connectivity index is 2.02. The molecular weight excluding hydrogens is 260 g/mol. The molecule has 0 radical (unpaired) electrons. The van der Waals surface area contributed by atoms with Crippen molar-refractivity contribution in [2.24, 2.45) is 0 Å². The molecule has 0 spiro atoms. The average Bonchev–Trinajstić information content (AvgIpc) is 2.59. The van der Waals surface area contributed by atoms with Crippen LogP contribution in [0.4, 0.5) is 11.4 Å². The summed E-state index contributed by atoms with van der Waals surface area (Å²) in [5.41, 5.74) is 2.59. The van der Waals surface area contributed by atoms with Gasteiger partial charge in [-0.1, -0.05) is 48.0 Å². The lowest BCUT2D eigenvalue weighted by molar-refractivity contribution is -0.116. The van der Waals surface area contributed by atoms with Crippen molar-refractivity contribution in [1.82, 2.24) is 0 Å². The highest BCUT2D eigenvalue weighted by Crippen LogP contribution is 2.36. The van der Waals surface area contributed by atoms with Crippen molar-refractivity contribution in [3.05, 3.63) is 59.1 Å². The van der Waals surface area contributed by atoms with E-state index < -0.39 is 0 Å². The highest BCUT2D eigenvalue weighted by molar-refractivity contribution is 6.34. The number of hydrogen-bond acceptors (Lipinski definition) is 2. The second-order valence-corrected chi connectivity index (χ2v) is 4.93. The summed E-state index contributed by atoms with van der Waals surface area (Å²) in [6, 6.07) is 15.3. The molecule has 0 saturated carbocycles. The molecule has 1 aliphatic rings. The van der Waals surface area contributed by atoms with Gasteiger partial charge in [-0.25, -0.2) is 0 Å². The summed E-state index contributed by atoms with van der Waals surface area (Å²) < 4.78 is 0. The van der Waals surface area contributed by atoms with Crippen LogP contribution in [-0.2, 0) is 4.79 Å². The molecule has 0 aliphatic carbocycles. The largest absolute Gasteiger partial charge is 0.375 e. The number of para-hydroxylation sites is 1. The van der Waals surface area contributed by atoms with Gasteiger partial charge >= 0.3 is 0 Å². The van der Waals surface area contributed by atoms with E-state index in [1.807, 2.05) is 48.5 Å². The van der Waals surface area contributed by atoms with Crippen LogP contribution in [0, 0.1) is 0 Å². The van der Waals surface area contributed by atoms with Gasteiger partial charge in [0.15, 0.2) is 0 Å². The Morgan fingerprint density at radius 2 is 1.84 bits per heavy atom. The molecular formula is C15H13ClN2O. The second kappa shape index (κ2) is 4.94. The Morgan fingerprint density at radius 3 is 2.63 bits per heavy atom. The van der Waals surface area contributed by atoms with Gasteiger partial charge in [0.1, 0.15) is 0 Å². The van der Waals surface area contributed by atoms with Gasteiger partial charge in [-0.3, -0.25) is 4.79 Å². The number of carbonyl (C=O) groups is 1. The lowest BCUT2D eigenvalue weighted by atomic mass is 10.0. The van der Waals surface area contributed by atoms with Crippen molar-refractivity contribution in [1.29, 1.82) is 0 Å². The Morgan fingerprint density at radius 1 is 1.05 bits per heavy atom. The lowest BCUT2D eigenvalue weighted by Crippen LogP contribution is -2.15. The monoisotopic (exact) mass is 272 g/mol. The third-order valence-corrected chi connectivity index (χ3v) is 3.51. The summed E-state index contributed by atoms with van der Waals surface area (Å²) >= 11 is 6.20. The zero-order valence-corrected chi connectivity index (χ0v) is 10.9. The molecule has 1 amide bonds. The van der Waals surface area contributed by atoms with E-state index in [0.29, 0.717) is 11.4 Å². The SMILES string of the molecule is O=C1C[C@H](c2ccccc2)Nc2c(Cl)cccc2N1. The number of halogens is 1. The van der Waals surface area contributed by atoms with E-state index in [1.54, 1.807) is 0 Å². The molecule has 2 aromatic carbocycles. The van der Waals surface area contributed by atoms with E-state index in [-0.39, 0.29) is 11.9 Å². The Bertz CT molecular complexity index is 613. The predicted molar refractivity (Wildman–Crippen MR) is 77.5 cm³/mol. The average molecular weight is 273 g/mol.